The molecule has 0 fully saturated rings. The van der Waals surface area contributed by atoms with E-state index in [4.69, 9.17) is 16.2 Å². The molecule has 4 N–H and O–H groups in total. The van der Waals surface area contributed by atoms with Gasteiger partial charge in [0.2, 0.25) is 0 Å². The molecule has 0 heterocycles. The summed E-state index contributed by atoms with van der Waals surface area (Å²) in [6.45, 7) is 4.58. The lowest BCUT2D eigenvalue weighted by Gasteiger charge is -2.04. The molecule has 0 bridgehead atoms. The smallest absolute Gasteiger partial charge is 0.185 e. The monoisotopic (exact) mass is 341 g/mol. The molecule has 0 rings (SSSR count). The van der Waals surface area contributed by atoms with Crippen molar-refractivity contribution >= 4 is 5.96 Å². The highest BCUT2D eigenvalue weighted by molar-refractivity contribution is 5.75. The molecule has 0 spiro atoms. The largest absolute Gasteiger partial charge is 0.381 e. The minimum absolute atomic E-state index is 0.168. The van der Waals surface area contributed by atoms with Gasteiger partial charge in [-0.2, -0.15) is 0 Å². The summed E-state index contributed by atoms with van der Waals surface area (Å²) in [5.74, 6) is 0.168. The highest BCUT2D eigenvalue weighted by Gasteiger charge is 1.94. The topological polar surface area (TPSA) is 73.6 Å². The van der Waals surface area contributed by atoms with Crippen LogP contribution in [0.15, 0.2) is 4.99 Å². The zero-order chi connectivity index (χ0) is 17.7. The number of unbranched alkanes of at least 4 members (excludes halogenated alkanes) is 13. The van der Waals surface area contributed by atoms with Crippen molar-refractivity contribution in [3.05, 3.63) is 0 Å². The molecule has 0 aliphatic heterocycles. The van der Waals surface area contributed by atoms with E-state index in [0.717, 1.165) is 19.6 Å². The molecule has 4 nitrogen and oxygen atoms in total. The molecule has 0 aromatic heterocycles. The van der Waals surface area contributed by atoms with Gasteiger partial charge in [0, 0.05) is 19.8 Å². The number of nitrogens with zero attached hydrogens (tertiary/aromatic N) is 1. The van der Waals surface area contributed by atoms with Crippen molar-refractivity contribution in [2.75, 3.05) is 19.8 Å². The number of hydrogen-bond acceptors (Lipinski definition) is 2. The first kappa shape index (κ1) is 23.2. The van der Waals surface area contributed by atoms with E-state index in [1.165, 1.54) is 89.9 Å². The van der Waals surface area contributed by atoms with Crippen LogP contribution in [0.1, 0.15) is 103 Å². The first-order valence-corrected chi connectivity index (χ1v) is 10.4. The summed E-state index contributed by atoms with van der Waals surface area (Å²) in [5, 5.41) is 0. The second-order valence-electron chi connectivity index (χ2n) is 6.87. The molecule has 0 aromatic carbocycles. The number of hydrogen-bond donors (Lipinski definition) is 2. The summed E-state index contributed by atoms with van der Waals surface area (Å²) < 4.78 is 5.57. The summed E-state index contributed by atoms with van der Waals surface area (Å²) in [6, 6.07) is 0. The number of guanidine groups is 1. The fourth-order valence-corrected chi connectivity index (χ4v) is 2.88. The Bertz CT molecular complexity index is 266. The maximum atomic E-state index is 5.57. The number of aliphatic imine (C=N–C) groups is 1. The normalized spacial score (nSPS) is 10.9. The minimum Gasteiger partial charge on any atom is -0.381 e. The Morgan fingerprint density at radius 3 is 1.50 bits per heavy atom. The summed E-state index contributed by atoms with van der Waals surface area (Å²) in [4.78, 5) is 3.93. The quantitative estimate of drug-likeness (QED) is 0.194. The highest BCUT2D eigenvalue weighted by Crippen LogP contribution is 2.12. The van der Waals surface area contributed by atoms with Crippen molar-refractivity contribution in [2.45, 2.75) is 103 Å². The summed E-state index contributed by atoms with van der Waals surface area (Å²) in [6.07, 6.45) is 20.4. The van der Waals surface area contributed by atoms with E-state index >= 15 is 0 Å². The summed E-state index contributed by atoms with van der Waals surface area (Å²) in [7, 11) is 0. The van der Waals surface area contributed by atoms with Crippen LogP contribution in [-0.2, 0) is 4.74 Å². The van der Waals surface area contributed by atoms with Crippen LogP contribution in [0, 0.1) is 0 Å². The van der Waals surface area contributed by atoms with Crippen LogP contribution in [0.2, 0.25) is 0 Å². The minimum atomic E-state index is 0.168. The van der Waals surface area contributed by atoms with E-state index in [-0.39, 0.29) is 5.96 Å². The van der Waals surface area contributed by atoms with Crippen LogP contribution in [0.4, 0.5) is 0 Å². The molecular formula is C20H43N3O. The zero-order valence-electron chi connectivity index (χ0n) is 16.2. The van der Waals surface area contributed by atoms with Crippen LogP contribution >= 0.6 is 0 Å². The molecule has 0 aromatic rings. The third-order valence-electron chi connectivity index (χ3n) is 4.38. The predicted octanol–water partition coefficient (Wildman–Crippen LogP) is 5.15. The van der Waals surface area contributed by atoms with Crippen molar-refractivity contribution in [1.29, 1.82) is 0 Å². The fraction of sp³-hybridized carbons (Fsp3) is 0.950. The van der Waals surface area contributed by atoms with Crippen molar-refractivity contribution in [2.24, 2.45) is 16.5 Å². The Kier molecular flexibility index (Phi) is 19.6. The van der Waals surface area contributed by atoms with Gasteiger partial charge in [-0.1, -0.05) is 90.4 Å². The van der Waals surface area contributed by atoms with Crippen LogP contribution in [0.3, 0.4) is 0 Å². The average molecular weight is 342 g/mol. The molecule has 0 atom stereocenters. The van der Waals surface area contributed by atoms with Gasteiger partial charge in [0.25, 0.3) is 0 Å². The molecule has 0 radical (unpaired) electrons. The van der Waals surface area contributed by atoms with Gasteiger partial charge in [0.05, 0.1) is 0 Å². The predicted molar refractivity (Wildman–Crippen MR) is 106 cm³/mol. The van der Waals surface area contributed by atoms with Crippen molar-refractivity contribution in [3.63, 3.8) is 0 Å². The van der Waals surface area contributed by atoms with E-state index < -0.39 is 0 Å². The lowest BCUT2D eigenvalue weighted by molar-refractivity contribution is 0.129. The molecule has 144 valence electrons. The maximum Gasteiger partial charge on any atom is 0.185 e. The van der Waals surface area contributed by atoms with Crippen molar-refractivity contribution in [3.8, 4) is 0 Å². The molecule has 4 heteroatoms. The summed E-state index contributed by atoms with van der Waals surface area (Å²) >= 11 is 0. The van der Waals surface area contributed by atoms with Gasteiger partial charge in [-0.25, -0.2) is 0 Å². The second kappa shape index (κ2) is 20.3. The Morgan fingerprint density at radius 2 is 1.04 bits per heavy atom. The van der Waals surface area contributed by atoms with Crippen molar-refractivity contribution in [1.82, 2.24) is 0 Å². The molecule has 0 saturated heterocycles. The van der Waals surface area contributed by atoms with E-state index in [0.29, 0.717) is 6.54 Å². The molecule has 0 saturated carbocycles. The van der Waals surface area contributed by atoms with E-state index in [1.807, 2.05) is 0 Å². The summed E-state index contributed by atoms with van der Waals surface area (Å²) in [5.41, 5.74) is 10.5. The van der Waals surface area contributed by atoms with Crippen LogP contribution in [0.5, 0.6) is 0 Å². The molecule has 0 aliphatic rings. The molecular weight excluding hydrogens is 298 g/mol. The van der Waals surface area contributed by atoms with Gasteiger partial charge in [-0.3, -0.25) is 4.99 Å². The Hall–Kier alpha value is -0.770. The fourth-order valence-electron chi connectivity index (χ4n) is 2.88. The van der Waals surface area contributed by atoms with Gasteiger partial charge in [-0.05, 0) is 12.8 Å². The highest BCUT2D eigenvalue weighted by atomic mass is 16.5. The first-order chi connectivity index (χ1) is 11.8. The van der Waals surface area contributed by atoms with Gasteiger partial charge in [0.1, 0.15) is 0 Å². The molecule has 0 unspecified atom stereocenters. The van der Waals surface area contributed by atoms with Gasteiger partial charge >= 0.3 is 0 Å². The third kappa shape index (κ3) is 21.2. The zero-order valence-corrected chi connectivity index (χ0v) is 16.2. The van der Waals surface area contributed by atoms with Crippen LogP contribution < -0.4 is 11.5 Å². The number of nitrogens with two attached hydrogens (primary N) is 2. The SMILES string of the molecule is CCCCCCCCCCCCCCCCOCCCN=C(N)N. The Morgan fingerprint density at radius 1 is 0.625 bits per heavy atom. The maximum absolute atomic E-state index is 5.57. The molecule has 0 amide bonds. The first-order valence-electron chi connectivity index (χ1n) is 10.4. The average Bonchev–Trinajstić information content (AvgIpc) is 2.56. The van der Waals surface area contributed by atoms with Gasteiger partial charge in [0.15, 0.2) is 5.96 Å². The second-order valence-corrected chi connectivity index (χ2v) is 6.87. The van der Waals surface area contributed by atoms with E-state index in [2.05, 4.69) is 11.9 Å². The number of ether oxygens (including phenoxy) is 1. The molecule has 0 aliphatic carbocycles. The molecule has 24 heavy (non-hydrogen) atoms. The van der Waals surface area contributed by atoms with E-state index in [9.17, 15) is 0 Å². The third-order valence-corrected chi connectivity index (χ3v) is 4.38. The lowest BCUT2D eigenvalue weighted by atomic mass is 10.0. The standard InChI is InChI=1S/C20H43N3O/c1-2-3-4-5-6-7-8-9-10-11-12-13-14-15-18-24-19-16-17-23-20(21)22/h2-19H2,1H3,(H4,21,22,23). The van der Waals surface area contributed by atoms with Crippen LogP contribution in [-0.4, -0.2) is 25.7 Å². The van der Waals surface area contributed by atoms with Crippen molar-refractivity contribution < 1.29 is 4.74 Å². The van der Waals surface area contributed by atoms with Crippen LogP contribution in [0.25, 0.3) is 0 Å². The lowest BCUT2D eigenvalue weighted by Crippen LogP contribution is -2.23. The Labute approximate surface area is 150 Å². The van der Waals surface area contributed by atoms with E-state index in [1.54, 1.807) is 0 Å². The number of rotatable bonds is 19. The Balaban J connectivity index is 2.99. The van der Waals surface area contributed by atoms with Gasteiger partial charge < -0.3 is 16.2 Å². The van der Waals surface area contributed by atoms with Gasteiger partial charge in [-0.15, -0.1) is 0 Å².